The van der Waals surface area contributed by atoms with E-state index in [1.54, 1.807) is 0 Å². The quantitative estimate of drug-likeness (QED) is 0.364. The average molecular weight is 363 g/mol. The number of hydrogen-bond acceptors (Lipinski definition) is 2. The molecule has 1 aromatic heterocycles. The highest BCUT2D eigenvalue weighted by Gasteiger charge is 2.11. The van der Waals surface area contributed by atoms with Crippen LogP contribution in [0.1, 0.15) is 50.6 Å². The summed E-state index contributed by atoms with van der Waals surface area (Å²) in [5.74, 6) is 0. The lowest BCUT2D eigenvalue weighted by Crippen LogP contribution is -2.20. The minimum absolute atomic E-state index is 0.545. The average Bonchev–Trinajstić information content (AvgIpc) is 2.74. The summed E-state index contributed by atoms with van der Waals surface area (Å²) < 4.78 is 1.38. The van der Waals surface area contributed by atoms with Gasteiger partial charge in [0.15, 0.2) is 0 Å². The molecular formula is C14H22INS. The molecule has 1 N–H and O–H groups in total. The first-order chi connectivity index (χ1) is 8.27. The molecule has 1 aromatic rings. The molecule has 0 spiro atoms. The highest BCUT2D eigenvalue weighted by molar-refractivity contribution is 14.1. The second-order valence-electron chi connectivity index (χ2n) is 4.22. The Morgan fingerprint density at radius 2 is 2.29 bits per heavy atom. The number of rotatable bonds is 9. The third-order valence-corrected chi connectivity index (χ3v) is 4.65. The summed E-state index contributed by atoms with van der Waals surface area (Å²) in [7, 11) is 0. The van der Waals surface area contributed by atoms with Crippen molar-refractivity contribution in [1.29, 1.82) is 0 Å². The van der Waals surface area contributed by atoms with Gasteiger partial charge >= 0.3 is 0 Å². The number of hydrogen-bond donors (Lipinski definition) is 1. The molecule has 0 aliphatic heterocycles. The predicted octanol–water partition coefficient (Wildman–Crippen LogP) is 5.14. The Balaban J connectivity index is 2.35. The van der Waals surface area contributed by atoms with Crippen molar-refractivity contribution < 1.29 is 0 Å². The van der Waals surface area contributed by atoms with Crippen LogP contribution in [0, 0.1) is 2.88 Å². The van der Waals surface area contributed by atoms with Crippen molar-refractivity contribution in [2.45, 2.75) is 45.1 Å². The lowest BCUT2D eigenvalue weighted by atomic mass is 10.0. The third kappa shape index (κ3) is 6.02. The van der Waals surface area contributed by atoms with Crippen molar-refractivity contribution >= 4 is 33.9 Å². The highest BCUT2D eigenvalue weighted by atomic mass is 127. The van der Waals surface area contributed by atoms with Crippen LogP contribution in [0.15, 0.2) is 24.1 Å². The second kappa shape index (κ2) is 9.11. The fourth-order valence-corrected chi connectivity index (χ4v) is 3.38. The molecule has 0 amide bonds. The van der Waals surface area contributed by atoms with E-state index in [0.717, 1.165) is 13.0 Å². The van der Waals surface area contributed by atoms with Crippen LogP contribution in [0.25, 0.3) is 0 Å². The van der Waals surface area contributed by atoms with Crippen molar-refractivity contribution in [3.63, 3.8) is 0 Å². The number of thiophene rings is 1. The molecule has 96 valence electrons. The smallest absolute Gasteiger partial charge is 0.0656 e. The van der Waals surface area contributed by atoms with Gasteiger partial charge in [-0.2, -0.15) is 0 Å². The molecule has 1 nitrogen and oxygen atoms in total. The fourth-order valence-electron chi connectivity index (χ4n) is 1.95. The topological polar surface area (TPSA) is 12.0 Å². The van der Waals surface area contributed by atoms with Gasteiger partial charge in [-0.15, -0.1) is 17.9 Å². The van der Waals surface area contributed by atoms with E-state index < -0.39 is 0 Å². The molecule has 0 aromatic carbocycles. The molecule has 17 heavy (non-hydrogen) atoms. The van der Waals surface area contributed by atoms with E-state index in [-0.39, 0.29) is 0 Å². The van der Waals surface area contributed by atoms with Crippen LogP contribution >= 0.6 is 33.9 Å². The van der Waals surface area contributed by atoms with E-state index in [2.05, 4.69) is 52.9 Å². The molecule has 1 unspecified atom stereocenters. The van der Waals surface area contributed by atoms with E-state index in [1.807, 2.05) is 17.4 Å². The minimum Gasteiger partial charge on any atom is -0.310 e. The summed E-state index contributed by atoms with van der Waals surface area (Å²) in [6, 6.07) is 2.85. The Kier molecular flexibility index (Phi) is 8.14. The summed E-state index contributed by atoms with van der Waals surface area (Å²) in [6.07, 6.45) is 8.32. The normalized spacial score (nSPS) is 12.6. The summed E-state index contributed by atoms with van der Waals surface area (Å²) >= 11 is 4.24. The van der Waals surface area contributed by atoms with Crippen molar-refractivity contribution in [1.82, 2.24) is 5.32 Å². The maximum absolute atomic E-state index is 3.76. The summed E-state index contributed by atoms with van der Waals surface area (Å²) in [5, 5.41) is 5.88. The predicted molar refractivity (Wildman–Crippen MR) is 86.7 cm³/mol. The van der Waals surface area contributed by atoms with Gasteiger partial charge < -0.3 is 5.32 Å². The van der Waals surface area contributed by atoms with Gasteiger partial charge in [0.2, 0.25) is 0 Å². The van der Waals surface area contributed by atoms with Crippen molar-refractivity contribution in [2.24, 2.45) is 0 Å². The van der Waals surface area contributed by atoms with Gasteiger partial charge in [-0.25, -0.2) is 0 Å². The van der Waals surface area contributed by atoms with Crippen molar-refractivity contribution in [3.05, 3.63) is 32.5 Å². The largest absolute Gasteiger partial charge is 0.310 e. The Hall–Kier alpha value is 0.130. The van der Waals surface area contributed by atoms with Gasteiger partial charge in [0, 0.05) is 6.04 Å². The first-order valence-electron chi connectivity index (χ1n) is 6.36. The maximum atomic E-state index is 3.76. The molecule has 1 rings (SSSR count). The molecule has 1 heterocycles. The lowest BCUT2D eigenvalue weighted by Gasteiger charge is -2.16. The van der Waals surface area contributed by atoms with Crippen molar-refractivity contribution in [3.8, 4) is 0 Å². The Bertz CT molecular complexity index is 322. The number of halogens is 1. The lowest BCUT2D eigenvalue weighted by molar-refractivity contribution is 0.484. The highest BCUT2D eigenvalue weighted by Crippen LogP contribution is 2.26. The van der Waals surface area contributed by atoms with E-state index in [9.17, 15) is 0 Å². The Morgan fingerprint density at radius 1 is 1.47 bits per heavy atom. The molecular weight excluding hydrogens is 341 g/mol. The summed E-state index contributed by atoms with van der Waals surface area (Å²) in [6.45, 7) is 6.99. The van der Waals surface area contributed by atoms with Crippen LogP contribution < -0.4 is 5.32 Å². The van der Waals surface area contributed by atoms with Crippen molar-refractivity contribution in [2.75, 3.05) is 6.54 Å². The zero-order chi connectivity index (χ0) is 12.5. The molecule has 0 aliphatic rings. The van der Waals surface area contributed by atoms with E-state index >= 15 is 0 Å². The second-order valence-corrected chi connectivity index (χ2v) is 7.03. The van der Waals surface area contributed by atoms with Gasteiger partial charge in [0.25, 0.3) is 0 Å². The first kappa shape index (κ1) is 15.2. The third-order valence-electron chi connectivity index (χ3n) is 2.84. The number of nitrogens with one attached hydrogen (secondary N) is 1. The Morgan fingerprint density at radius 3 is 2.88 bits per heavy atom. The SMILES string of the molecule is C=CCCCCCC(NCC)c1csc(I)c1. The monoisotopic (exact) mass is 363 g/mol. The first-order valence-corrected chi connectivity index (χ1v) is 8.32. The molecule has 0 aliphatic carbocycles. The standard InChI is InChI=1S/C14H22INS/c1-3-5-6-7-8-9-13(16-4-2)12-10-14(15)17-11-12/h3,10-11,13,16H,1,4-9H2,2H3. The van der Waals surface area contributed by atoms with E-state index in [1.165, 1.54) is 34.1 Å². The molecule has 0 bridgehead atoms. The van der Waals surface area contributed by atoms with Crippen LogP contribution in [0.4, 0.5) is 0 Å². The minimum atomic E-state index is 0.545. The molecule has 0 saturated heterocycles. The maximum Gasteiger partial charge on any atom is 0.0656 e. The zero-order valence-electron chi connectivity index (χ0n) is 10.5. The van der Waals surface area contributed by atoms with Crippen LogP contribution in [-0.4, -0.2) is 6.54 Å². The van der Waals surface area contributed by atoms with Crippen LogP contribution in [0.5, 0.6) is 0 Å². The van der Waals surface area contributed by atoms with Gasteiger partial charge in [0.1, 0.15) is 0 Å². The number of allylic oxidation sites excluding steroid dienone is 1. The van der Waals surface area contributed by atoms with E-state index in [4.69, 9.17) is 0 Å². The van der Waals surface area contributed by atoms with Gasteiger partial charge in [-0.1, -0.05) is 25.8 Å². The summed E-state index contributed by atoms with van der Waals surface area (Å²) in [5.41, 5.74) is 1.46. The fraction of sp³-hybridized carbons (Fsp3) is 0.571. The molecule has 0 fully saturated rings. The summed E-state index contributed by atoms with van der Waals surface area (Å²) in [4.78, 5) is 0. The Labute approximate surface area is 123 Å². The van der Waals surface area contributed by atoms with Gasteiger partial charge in [-0.05, 0) is 65.4 Å². The van der Waals surface area contributed by atoms with Crippen LogP contribution in [0.3, 0.4) is 0 Å². The zero-order valence-corrected chi connectivity index (χ0v) is 13.5. The molecule has 3 heteroatoms. The van der Waals surface area contributed by atoms with E-state index in [0.29, 0.717) is 6.04 Å². The van der Waals surface area contributed by atoms with Crippen LogP contribution in [0.2, 0.25) is 0 Å². The molecule has 0 saturated carbocycles. The van der Waals surface area contributed by atoms with Gasteiger partial charge in [-0.3, -0.25) is 0 Å². The number of unbranched alkanes of at least 4 members (excludes halogenated alkanes) is 3. The molecule has 0 radical (unpaired) electrons. The van der Waals surface area contributed by atoms with Crippen LogP contribution in [-0.2, 0) is 0 Å². The van der Waals surface area contributed by atoms with Gasteiger partial charge in [0.05, 0.1) is 2.88 Å². The molecule has 1 atom stereocenters.